The third-order valence-corrected chi connectivity index (χ3v) is 2.90. The third-order valence-electron chi connectivity index (χ3n) is 2.90. The fourth-order valence-electron chi connectivity index (χ4n) is 1.91. The molecule has 2 rings (SSSR count). The Morgan fingerprint density at radius 1 is 1.52 bits per heavy atom. The zero-order chi connectivity index (χ0) is 15.2. The van der Waals surface area contributed by atoms with Gasteiger partial charge in [-0.25, -0.2) is 0 Å². The molecule has 7 heteroatoms. The highest BCUT2D eigenvalue weighted by Crippen LogP contribution is 2.19. The van der Waals surface area contributed by atoms with E-state index in [-0.39, 0.29) is 5.91 Å². The molecule has 0 aliphatic carbocycles. The largest absolute Gasteiger partial charge is 0.419 e. The number of hydrogen-bond acceptors (Lipinski definition) is 5. The summed E-state index contributed by atoms with van der Waals surface area (Å²) < 4.78 is 7.41. The molecule has 0 aliphatic heterocycles. The van der Waals surface area contributed by atoms with Crippen LogP contribution in [-0.2, 0) is 17.8 Å². The third kappa shape index (κ3) is 3.77. The molecule has 21 heavy (non-hydrogen) atoms. The van der Waals surface area contributed by atoms with Crippen LogP contribution >= 0.6 is 0 Å². The van der Waals surface area contributed by atoms with Gasteiger partial charge in [0.1, 0.15) is 5.69 Å². The highest BCUT2D eigenvalue weighted by atomic mass is 16.4. The van der Waals surface area contributed by atoms with E-state index in [9.17, 15) is 4.79 Å². The van der Waals surface area contributed by atoms with Crippen LogP contribution in [0.5, 0.6) is 0 Å². The SMILES string of the molecule is C=CCNC(=O)CCc1nnc(-c2cc(C)nn2CC)o1. The fraction of sp³-hybridized carbons (Fsp3) is 0.429. The van der Waals surface area contributed by atoms with E-state index in [1.165, 1.54) is 0 Å². The summed E-state index contributed by atoms with van der Waals surface area (Å²) in [5.41, 5.74) is 1.69. The van der Waals surface area contributed by atoms with Gasteiger partial charge in [0, 0.05) is 25.9 Å². The molecule has 0 saturated carbocycles. The maximum atomic E-state index is 11.5. The van der Waals surface area contributed by atoms with Gasteiger partial charge in [-0.1, -0.05) is 6.08 Å². The highest BCUT2D eigenvalue weighted by Gasteiger charge is 2.14. The first kappa shape index (κ1) is 15.0. The maximum Gasteiger partial charge on any atom is 0.265 e. The lowest BCUT2D eigenvalue weighted by Crippen LogP contribution is -2.23. The van der Waals surface area contributed by atoms with Crippen molar-refractivity contribution in [1.29, 1.82) is 0 Å². The molecule has 112 valence electrons. The zero-order valence-electron chi connectivity index (χ0n) is 12.3. The van der Waals surface area contributed by atoms with E-state index in [2.05, 4.69) is 27.2 Å². The summed E-state index contributed by atoms with van der Waals surface area (Å²) in [4.78, 5) is 11.5. The van der Waals surface area contributed by atoms with Crippen LogP contribution in [-0.4, -0.2) is 32.4 Å². The highest BCUT2D eigenvalue weighted by molar-refractivity contribution is 5.76. The van der Waals surface area contributed by atoms with Gasteiger partial charge in [-0.05, 0) is 19.9 Å². The minimum absolute atomic E-state index is 0.0657. The van der Waals surface area contributed by atoms with Gasteiger partial charge in [0.05, 0.1) is 5.69 Å². The number of carbonyl (C=O) groups is 1. The molecule has 1 amide bonds. The molecule has 2 aromatic heterocycles. The molecule has 2 heterocycles. The van der Waals surface area contributed by atoms with Crippen LogP contribution in [0.25, 0.3) is 11.6 Å². The van der Waals surface area contributed by atoms with Crippen LogP contribution in [0, 0.1) is 6.92 Å². The van der Waals surface area contributed by atoms with Crippen molar-refractivity contribution in [2.45, 2.75) is 33.2 Å². The molecule has 2 aromatic rings. The first-order valence-electron chi connectivity index (χ1n) is 6.88. The Morgan fingerprint density at radius 2 is 2.33 bits per heavy atom. The van der Waals surface area contributed by atoms with Crippen molar-refractivity contribution in [3.63, 3.8) is 0 Å². The van der Waals surface area contributed by atoms with E-state index in [0.29, 0.717) is 31.2 Å². The average Bonchev–Trinajstić information content (AvgIpc) is 3.08. The lowest BCUT2D eigenvalue weighted by molar-refractivity contribution is -0.120. The standard InChI is InChI=1S/C14H19N5O2/c1-4-8-15-12(20)6-7-13-16-17-14(21-13)11-9-10(3)18-19(11)5-2/h4,9H,1,5-8H2,2-3H3,(H,15,20). The van der Waals surface area contributed by atoms with Gasteiger partial charge in [0.2, 0.25) is 11.8 Å². The number of amides is 1. The van der Waals surface area contributed by atoms with Crippen molar-refractivity contribution >= 4 is 5.91 Å². The van der Waals surface area contributed by atoms with Crippen LogP contribution in [0.4, 0.5) is 0 Å². The first-order valence-corrected chi connectivity index (χ1v) is 6.88. The Kier molecular flexibility index (Phi) is 4.86. The number of hydrogen-bond donors (Lipinski definition) is 1. The summed E-state index contributed by atoms with van der Waals surface area (Å²) in [7, 11) is 0. The Hall–Kier alpha value is -2.44. The molecule has 0 unspecified atom stereocenters. The molecular weight excluding hydrogens is 270 g/mol. The minimum atomic E-state index is -0.0657. The number of nitrogens with one attached hydrogen (secondary N) is 1. The van der Waals surface area contributed by atoms with Crippen molar-refractivity contribution in [1.82, 2.24) is 25.3 Å². The molecule has 1 N–H and O–H groups in total. The van der Waals surface area contributed by atoms with Gasteiger partial charge in [0.25, 0.3) is 5.89 Å². The van der Waals surface area contributed by atoms with E-state index in [1.807, 2.05) is 24.6 Å². The van der Waals surface area contributed by atoms with Crippen LogP contribution in [0.1, 0.15) is 24.9 Å². The summed E-state index contributed by atoms with van der Waals surface area (Å²) in [5, 5.41) is 15.0. The van der Waals surface area contributed by atoms with Crippen LogP contribution in [0.3, 0.4) is 0 Å². The number of aromatic nitrogens is 4. The molecule has 0 fully saturated rings. The molecular formula is C14H19N5O2. The van der Waals surface area contributed by atoms with Gasteiger partial charge in [0.15, 0.2) is 0 Å². The molecule has 0 radical (unpaired) electrons. The van der Waals surface area contributed by atoms with Gasteiger partial charge >= 0.3 is 0 Å². The summed E-state index contributed by atoms with van der Waals surface area (Å²) in [6.45, 7) is 8.64. The van der Waals surface area contributed by atoms with E-state index in [0.717, 1.165) is 17.9 Å². The number of aryl methyl sites for hydroxylation is 3. The monoisotopic (exact) mass is 289 g/mol. The minimum Gasteiger partial charge on any atom is -0.419 e. The van der Waals surface area contributed by atoms with Crippen LogP contribution in [0.2, 0.25) is 0 Å². The van der Waals surface area contributed by atoms with Crippen LogP contribution < -0.4 is 5.32 Å². The normalized spacial score (nSPS) is 10.6. The molecule has 0 aliphatic rings. The average molecular weight is 289 g/mol. The predicted octanol–water partition coefficient (Wildman–Crippen LogP) is 1.50. The molecule has 0 aromatic carbocycles. The Balaban J connectivity index is 2.01. The lowest BCUT2D eigenvalue weighted by Gasteiger charge is -2.00. The molecule has 0 saturated heterocycles. The van der Waals surface area contributed by atoms with Crippen molar-refractivity contribution < 1.29 is 9.21 Å². The topological polar surface area (TPSA) is 85.8 Å². The predicted molar refractivity (Wildman–Crippen MR) is 77.5 cm³/mol. The fourth-order valence-corrected chi connectivity index (χ4v) is 1.91. The van der Waals surface area contributed by atoms with Crippen molar-refractivity contribution in [2.24, 2.45) is 0 Å². The van der Waals surface area contributed by atoms with Crippen molar-refractivity contribution in [2.75, 3.05) is 6.54 Å². The van der Waals surface area contributed by atoms with Gasteiger partial charge in [-0.3, -0.25) is 9.48 Å². The van der Waals surface area contributed by atoms with E-state index in [4.69, 9.17) is 4.42 Å². The summed E-state index contributed by atoms with van der Waals surface area (Å²) in [5.74, 6) is 0.809. The van der Waals surface area contributed by atoms with Crippen molar-refractivity contribution in [3.05, 3.63) is 30.3 Å². The van der Waals surface area contributed by atoms with Gasteiger partial charge in [-0.15, -0.1) is 16.8 Å². The summed E-state index contributed by atoms with van der Waals surface area (Å²) >= 11 is 0. The Morgan fingerprint density at radius 3 is 3.05 bits per heavy atom. The molecule has 7 nitrogen and oxygen atoms in total. The van der Waals surface area contributed by atoms with Crippen LogP contribution in [0.15, 0.2) is 23.1 Å². The second-order valence-electron chi connectivity index (χ2n) is 4.58. The number of carbonyl (C=O) groups excluding carboxylic acids is 1. The second-order valence-corrected chi connectivity index (χ2v) is 4.58. The van der Waals surface area contributed by atoms with Gasteiger partial charge < -0.3 is 9.73 Å². The Bertz CT molecular complexity index is 629. The van der Waals surface area contributed by atoms with E-state index < -0.39 is 0 Å². The lowest BCUT2D eigenvalue weighted by atomic mass is 10.3. The summed E-state index contributed by atoms with van der Waals surface area (Å²) in [6.07, 6.45) is 2.35. The van der Waals surface area contributed by atoms with E-state index >= 15 is 0 Å². The van der Waals surface area contributed by atoms with Crippen molar-refractivity contribution in [3.8, 4) is 11.6 Å². The zero-order valence-corrected chi connectivity index (χ0v) is 12.3. The number of nitrogens with zero attached hydrogens (tertiary/aromatic N) is 4. The molecule has 0 bridgehead atoms. The van der Waals surface area contributed by atoms with Gasteiger partial charge in [-0.2, -0.15) is 5.10 Å². The Labute approximate surface area is 123 Å². The quantitative estimate of drug-likeness (QED) is 0.781. The second kappa shape index (κ2) is 6.83. The maximum absolute atomic E-state index is 11.5. The smallest absolute Gasteiger partial charge is 0.265 e. The first-order chi connectivity index (χ1) is 10.1. The molecule has 0 spiro atoms. The van der Waals surface area contributed by atoms with E-state index in [1.54, 1.807) is 6.08 Å². The summed E-state index contributed by atoms with van der Waals surface area (Å²) in [6, 6.07) is 1.90. The number of rotatable bonds is 7. The molecule has 0 atom stereocenters.